The second kappa shape index (κ2) is 6.92. The molecule has 1 aliphatic rings. The van der Waals surface area contributed by atoms with E-state index in [1.54, 1.807) is 19.2 Å². The second-order valence-corrected chi connectivity index (χ2v) is 4.80. The van der Waals surface area contributed by atoms with Crippen molar-refractivity contribution >= 4 is 17.6 Å². The molecule has 1 fully saturated rings. The number of aliphatic imine (C=N–C) groups is 1. The van der Waals surface area contributed by atoms with Crippen LogP contribution in [0.15, 0.2) is 29.3 Å². The third-order valence-corrected chi connectivity index (χ3v) is 3.46. The minimum Gasteiger partial charge on any atom is -0.370 e. The van der Waals surface area contributed by atoms with Crippen LogP contribution in [0.3, 0.4) is 0 Å². The first kappa shape index (κ1) is 15.1. The molecule has 1 aromatic rings. The Labute approximate surface area is 123 Å². The van der Waals surface area contributed by atoms with Gasteiger partial charge < -0.3 is 20.9 Å². The van der Waals surface area contributed by atoms with Crippen LogP contribution < -0.4 is 16.0 Å². The number of likely N-dealkylation sites (N-methyl/N-ethyl adjacent to an activating group) is 1. The number of hydrogen-bond donors (Lipinski definition) is 2. The molecule has 1 amide bonds. The monoisotopic (exact) mass is 293 g/mol. The highest BCUT2D eigenvalue weighted by Gasteiger charge is 2.18. The number of carbonyl (C=O) groups is 1. The van der Waals surface area contributed by atoms with Crippen molar-refractivity contribution in [2.45, 2.75) is 0 Å². The number of guanidine groups is 1. The lowest BCUT2D eigenvalue weighted by Crippen LogP contribution is -2.51. The number of hydrogen-bond acceptors (Lipinski definition) is 3. The highest BCUT2D eigenvalue weighted by Crippen LogP contribution is 2.16. The van der Waals surface area contributed by atoms with E-state index in [9.17, 15) is 9.18 Å². The number of halogens is 1. The second-order valence-electron chi connectivity index (χ2n) is 4.80. The van der Waals surface area contributed by atoms with Crippen LogP contribution in [0.5, 0.6) is 0 Å². The Kier molecular flexibility index (Phi) is 4.97. The van der Waals surface area contributed by atoms with Crippen molar-refractivity contribution in [1.82, 2.24) is 10.2 Å². The molecule has 0 bridgehead atoms. The number of nitrogens with zero attached hydrogens (tertiary/aromatic N) is 3. The maximum Gasteiger partial charge on any atom is 0.241 e. The topological polar surface area (TPSA) is 74.0 Å². The van der Waals surface area contributed by atoms with Crippen molar-refractivity contribution in [2.24, 2.45) is 10.7 Å². The van der Waals surface area contributed by atoms with Crippen molar-refractivity contribution in [1.29, 1.82) is 0 Å². The molecule has 0 unspecified atom stereocenters. The normalized spacial score (nSPS) is 16.0. The maximum absolute atomic E-state index is 12.9. The molecule has 0 aliphatic carbocycles. The molecule has 1 aliphatic heterocycles. The molecule has 7 heteroatoms. The van der Waals surface area contributed by atoms with Crippen molar-refractivity contribution in [3.05, 3.63) is 30.1 Å². The zero-order chi connectivity index (χ0) is 15.2. The number of anilines is 1. The van der Waals surface area contributed by atoms with E-state index in [0.717, 1.165) is 31.9 Å². The van der Waals surface area contributed by atoms with Crippen LogP contribution in [-0.2, 0) is 4.79 Å². The highest BCUT2D eigenvalue weighted by atomic mass is 19.1. The lowest BCUT2D eigenvalue weighted by atomic mass is 10.2. The first-order chi connectivity index (χ1) is 10.1. The molecule has 0 aromatic heterocycles. The summed E-state index contributed by atoms with van der Waals surface area (Å²) in [5.41, 5.74) is 6.88. The molecule has 1 heterocycles. The summed E-state index contributed by atoms with van der Waals surface area (Å²) < 4.78 is 12.9. The Morgan fingerprint density at radius 1 is 1.29 bits per heavy atom. The number of benzene rings is 1. The fourth-order valence-electron chi connectivity index (χ4n) is 2.18. The fourth-order valence-corrected chi connectivity index (χ4v) is 2.18. The molecular weight excluding hydrogens is 273 g/mol. The highest BCUT2D eigenvalue weighted by molar-refractivity contribution is 5.84. The number of nitrogens with two attached hydrogens (primary N) is 1. The largest absolute Gasteiger partial charge is 0.370 e. The van der Waals surface area contributed by atoms with Gasteiger partial charge in [0.15, 0.2) is 5.96 Å². The minimum absolute atomic E-state index is 0.0422. The Morgan fingerprint density at radius 2 is 1.90 bits per heavy atom. The first-order valence-corrected chi connectivity index (χ1v) is 6.86. The van der Waals surface area contributed by atoms with Crippen LogP contribution in [0.2, 0.25) is 0 Å². The third-order valence-electron chi connectivity index (χ3n) is 3.46. The number of amides is 1. The SMILES string of the molecule is CNC(=O)CN=C(N)N1CCN(c2ccc(F)cc2)CC1. The van der Waals surface area contributed by atoms with E-state index in [1.165, 1.54) is 12.1 Å². The average molecular weight is 293 g/mol. The minimum atomic E-state index is -0.233. The van der Waals surface area contributed by atoms with Gasteiger partial charge in [-0.1, -0.05) is 0 Å². The number of nitrogens with one attached hydrogen (secondary N) is 1. The van der Waals surface area contributed by atoms with Gasteiger partial charge in [0.25, 0.3) is 0 Å². The quantitative estimate of drug-likeness (QED) is 0.608. The molecule has 3 N–H and O–H groups in total. The first-order valence-electron chi connectivity index (χ1n) is 6.86. The predicted molar refractivity (Wildman–Crippen MR) is 80.7 cm³/mol. The molecule has 1 aromatic carbocycles. The summed E-state index contributed by atoms with van der Waals surface area (Å²) in [6, 6.07) is 6.46. The molecule has 2 rings (SSSR count). The van der Waals surface area contributed by atoms with Crippen LogP contribution >= 0.6 is 0 Å². The Bertz CT molecular complexity index is 509. The van der Waals surface area contributed by atoms with Crippen LogP contribution in [0.4, 0.5) is 10.1 Å². The van der Waals surface area contributed by atoms with Gasteiger partial charge in [0.05, 0.1) is 0 Å². The van der Waals surface area contributed by atoms with E-state index >= 15 is 0 Å². The van der Waals surface area contributed by atoms with Gasteiger partial charge in [-0.25, -0.2) is 9.38 Å². The lowest BCUT2D eigenvalue weighted by molar-refractivity contribution is -0.119. The number of piperazine rings is 1. The molecule has 114 valence electrons. The van der Waals surface area contributed by atoms with Gasteiger partial charge in [-0.15, -0.1) is 0 Å². The Morgan fingerprint density at radius 3 is 2.48 bits per heavy atom. The zero-order valence-electron chi connectivity index (χ0n) is 12.1. The van der Waals surface area contributed by atoms with E-state index in [2.05, 4.69) is 15.2 Å². The maximum atomic E-state index is 12.9. The van der Waals surface area contributed by atoms with Gasteiger partial charge in [0.2, 0.25) is 5.91 Å². The van der Waals surface area contributed by atoms with Crippen molar-refractivity contribution in [3.63, 3.8) is 0 Å². The molecule has 0 spiro atoms. The van der Waals surface area contributed by atoms with Crippen molar-refractivity contribution < 1.29 is 9.18 Å². The van der Waals surface area contributed by atoms with E-state index in [4.69, 9.17) is 5.73 Å². The molecule has 0 atom stereocenters. The standard InChI is InChI=1S/C14H20FN5O/c1-17-13(21)10-18-14(16)20-8-6-19(7-9-20)12-4-2-11(15)3-5-12/h2-5H,6-10H2,1H3,(H2,16,18)(H,17,21). The molecule has 6 nitrogen and oxygen atoms in total. The fraction of sp³-hybridized carbons (Fsp3) is 0.429. The lowest BCUT2D eigenvalue weighted by Gasteiger charge is -2.36. The van der Waals surface area contributed by atoms with E-state index in [0.29, 0.717) is 5.96 Å². The van der Waals surface area contributed by atoms with Gasteiger partial charge >= 0.3 is 0 Å². The Balaban J connectivity index is 1.88. The molecular formula is C14H20FN5O. The van der Waals surface area contributed by atoms with E-state index in [-0.39, 0.29) is 18.3 Å². The summed E-state index contributed by atoms with van der Waals surface area (Å²) in [4.78, 5) is 19.3. The predicted octanol–water partition coefficient (Wildman–Crippen LogP) is 0.00840. The molecule has 0 saturated carbocycles. The average Bonchev–Trinajstić information content (AvgIpc) is 2.53. The van der Waals surface area contributed by atoms with Crippen LogP contribution in [0.1, 0.15) is 0 Å². The summed E-state index contributed by atoms with van der Waals surface area (Å²) >= 11 is 0. The van der Waals surface area contributed by atoms with Gasteiger partial charge in [-0.2, -0.15) is 0 Å². The summed E-state index contributed by atoms with van der Waals surface area (Å²) in [5.74, 6) is -0.0109. The third kappa shape index (κ3) is 4.08. The smallest absolute Gasteiger partial charge is 0.241 e. The van der Waals surface area contributed by atoms with Crippen LogP contribution in [0.25, 0.3) is 0 Å². The molecule has 21 heavy (non-hydrogen) atoms. The summed E-state index contributed by atoms with van der Waals surface area (Å²) in [6.45, 7) is 3.05. The summed E-state index contributed by atoms with van der Waals surface area (Å²) in [7, 11) is 1.56. The van der Waals surface area contributed by atoms with Gasteiger partial charge in [-0.05, 0) is 24.3 Å². The van der Waals surface area contributed by atoms with Crippen molar-refractivity contribution in [3.8, 4) is 0 Å². The molecule has 1 saturated heterocycles. The zero-order valence-corrected chi connectivity index (χ0v) is 12.1. The van der Waals surface area contributed by atoms with Gasteiger partial charge in [0.1, 0.15) is 12.4 Å². The number of carbonyl (C=O) groups excluding carboxylic acids is 1. The number of rotatable bonds is 3. The van der Waals surface area contributed by atoms with E-state index < -0.39 is 0 Å². The summed E-state index contributed by atoms with van der Waals surface area (Å²) in [6.07, 6.45) is 0. The van der Waals surface area contributed by atoms with Crippen molar-refractivity contribution in [2.75, 3.05) is 44.7 Å². The molecule has 0 radical (unpaired) electrons. The van der Waals surface area contributed by atoms with Gasteiger partial charge in [-0.3, -0.25) is 4.79 Å². The van der Waals surface area contributed by atoms with Gasteiger partial charge in [0, 0.05) is 38.9 Å². The Hall–Kier alpha value is -2.31. The van der Waals surface area contributed by atoms with E-state index in [1.807, 2.05) is 4.90 Å². The van der Waals surface area contributed by atoms with Crippen LogP contribution in [-0.4, -0.2) is 56.5 Å². The summed E-state index contributed by atoms with van der Waals surface area (Å²) in [5, 5.41) is 2.50. The van der Waals surface area contributed by atoms with Crippen LogP contribution in [0, 0.1) is 5.82 Å².